The number of nitrogens with zero attached hydrogens (tertiary/aromatic N) is 1. The molecule has 0 aromatic heterocycles. The van der Waals surface area contributed by atoms with E-state index in [0.29, 0.717) is 23.5 Å². The van der Waals surface area contributed by atoms with Gasteiger partial charge in [0.25, 0.3) is 0 Å². The maximum absolute atomic E-state index is 11.9. The minimum absolute atomic E-state index is 0.318. The molecule has 2 unspecified atom stereocenters. The van der Waals surface area contributed by atoms with Crippen LogP contribution in [-0.4, -0.2) is 40.1 Å². The highest BCUT2D eigenvalue weighted by molar-refractivity contribution is 7.89. The summed E-state index contributed by atoms with van der Waals surface area (Å²) in [5.41, 5.74) is 1.07. The third-order valence-electron chi connectivity index (χ3n) is 3.58. The Balaban J connectivity index is 2.19. The molecular weight excluding hydrogens is 274 g/mol. The van der Waals surface area contributed by atoms with Crippen LogP contribution in [0.1, 0.15) is 20.8 Å². The highest BCUT2D eigenvalue weighted by Crippen LogP contribution is 2.21. The minimum atomic E-state index is -3.36. The second-order valence-electron chi connectivity index (χ2n) is 5.31. The Morgan fingerprint density at radius 3 is 2.55 bits per heavy atom. The van der Waals surface area contributed by atoms with E-state index in [1.54, 1.807) is 19.1 Å². The van der Waals surface area contributed by atoms with Gasteiger partial charge in [-0.2, -0.15) is 0 Å². The molecule has 0 amide bonds. The summed E-state index contributed by atoms with van der Waals surface area (Å²) in [6.07, 6.45) is 0. The molecular formula is C14H23N3O2S. The Hall–Kier alpha value is -1.11. The lowest BCUT2D eigenvalue weighted by Gasteiger charge is -2.39. The van der Waals surface area contributed by atoms with Gasteiger partial charge in [-0.25, -0.2) is 13.1 Å². The molecule has 0 aliphatic carbocycles. The third kappa shape index (κ3) is 3.31. The van der Waals surface area contributed by atoms with Crippen LogP contribution < -0.4 is 14.9 Å². The third-order valence-corrected chi connectivity index (χ3v) is 5.14. The maximum atomic E-state index is 11.9. The van der Waals surface area contributed by atoms with Crippen LogP contribution in [-0.2, 0) is 10.0 Å². The number of hydrogen-bond acceptors (Lipinski definition) is 4. The summed E-state index contributed by atoms with van der Waals surface area (Å²) in [5, 5.41) is 3.44. The van der Waals surface area contributed by atoms with E-state index in [1.165, 1.54) is 0 Å². The second kappa shape index (κ2) is 6.11. The van der Waals surface area contributed by atoms with Crippen molar-refractivity contribution in [2.24, 2.45) is 0 Å². The molecule has 1 fully saturated rings. The fourth-order valence-corrected chi connectivity index (χ4v) is 3.51. The molecule has 1 aromatic rings. The Morgan fingerprint density at radius 2 is 1.95 bits per heavy atom. The lowest BCUT2D eigenvalue weighted by atomic mass is 10.1. The number of piperazine rings is 1. The number of sulfonamides is 1. The van der Waals surface area contributed by atoms with Gasteiger partial charge in [0.05, 0.1) is 4.90 Å². The second-order valence-corrected chi connectivity index (χ2v) is 7.07. The van der Waals surface area contributed by atoms with Crippen LogP contribution >= 0.6 is 0 Å². The van der Waals surface area contributed by atoms with Crippen molar-refractivity contribution in [3.05, 3.63) is 24.3 Å². The van der Waals surface area contributed by atoms with E-state index in [-0.39, 0.29) is 0 Å². The van der Waals surface area contributed by atoms with Crippen molar-refractivity contribution in [2.45, 2.75) is 37.8 Å². The summed E-state index contributed by atoms with van der Waals surface area (Å²) >= 11 is 0. The largest absolute Gasteiger partial charge is 0.366 e. The topological polar surface area (TPSA) is 61.4 Å². The molecule has 5 nitrogen and oxygen atoms in total. The summed E-state index contributed by atoms with van der Waals surface area (Å²) in [6, 6.07) is 7.97. The van der Waals surface area contributed by atoms with Gasteiger partial charge in [-0.05, 0) is 38.1 Å². The highest BCUT2D eigenvalue weighted by atomic mass is 32.2. The SMILES string of the molecule is CCNS(=O)(=O)c1ccc(N2CC(C)NCC2C)cc1. The van der Waals surface area contributed by atoms with Crippen molar-refractivity contribution in [1.29, 1.82) is 0 Å². The first-order valence-corrected chi connectivity index (χ1v) is 8.52. The summed E-state index contributed by atoms with van der Waals surface area (Å²) < 4.78 is 26.3. The summed E-state index contributed by atoms with van der Waals surface area (Å²) in [6.45, 7) is 8.37. The highest BCUT2D eigenvalue weighted by Gasteiger charge is 2.23. The molecule has 0 radical (unpaired) electrons. The summed E-state index contributed by atoms with van der Waals surface area (Å²) in [5.74, 6) is 0. The van der Waals surface area contributed by atoms with Crippen LogP contribution in [0.3, 0.4) is 0 Å². The molecule has 2 rings (SSSR count). The number of nitrogens with one attached hydrogen (secondary N) is 2. The van der Waals surface area contributed by atoms with Crippen molar-refractivity contribution in [1.82, 2.24) is 10.0 Å². The van der Waals surface area contributed by atoms with Gasteiger partial charge in [-0.15, -0.1) is 0 Å². The molecule has 2 atom stereocenters. The Labute approximate surface area is 121 Å². The average Bonchev–Trinajstić information content (AvgIpc) is 2.42. The predicted octanol–water partition coefficient (Wildman–Crippen LogP) is 1.17. The van der Waals surface area contributed by atoms with E-state index in [1.807, 2.05) is 12.1 Å². The van der Waals surface area contributed by atoms with Gasteiger partial charge in [-0.3, -0.25) is 0 Å². The van der Waals surface area contributed by atoms with Crippen LogP contribution in [0, 0.1) is 0 Å². The van der Waals surface area contributed by atoms with Gasteiger partial charge in [0.15, 0.2) is 0 Å². The molecule has 1 aliphatic heterocycles. The molecule has 0 spiro atoms. The van der Waals surface area contributed by atoms with E-state index in [4.69, 9.17) is 0 Å². The lowest BCUT2D eigenvalue weighted by molar-refractivity contribution is 0.425. The van der Waals surface area contributed by atoms with E-state index in [9.17, 15) is 8.42 Å². The van der Waals surface area contributed by atoms with Gasteiger partial charge in [0.1, 0.15) is 0 Å². The zero-order valence-corrected chi connectivity index (χ0v) is 13.1. The fraction of sp³-hybridized carbons (Fsp3) is 0.571. The summed E-state index contributed by atoms with van der Waals surface area (Å²) in [4.78, 5) is 2.63. The van der Waals surface area contributed by atoms with Gasteiger partial charge in [-0.1, -0.05) is 6.92 Å². The first-order chi connectivity index (χ1) is 9.44. The van der Waals surface area contributed by atoms with Crippen LogP contribution in [0.15, 0.2) is 29.2 Å². The van der Waals surface area contributed by atoms with Crippen molar-refractivity contribution in [3.63, 3.8) is 0 Å². The van der Waals surface area contributed by atoms with Crippen molar-refractivity contribution in [3.8, 4) is 0 Å². The standard InChI is InChI=1S/C14H23N3O2S/c1-4-16-20(18,19)14-7-5-13(6-8-14)17-10-11(2)15-9-12(17)3/h5-8,11-12,15-16H,4,9-10H2,1-3H3. The van der Waals surface area contributed by atoms with Crippen LogP contribution in [0.4, 0.5) is 5.69 Å². The van der Waals surface area contributed by atoms with E-state index in [2.05, 4.69) is 28.8 Å². The summed E-state index contributed by atoms with van der Waals surface area (Å²) in [7, 11) is -3.36. The monoisotopic (exact) mass is 297 g/mol. The van der Waals surface area contributed by atoms with E-state index < -0.39 is 10.0 Å². The van der Waals surface area contributed by atoms with E-state index >= 15 is 0 Å². The van der Waals surface area contributed by atoms with E-state index in [0.717, 1.165) is 18.8 Å². The Bertz CT molecular complexity index is 542. The molecule has 112 valence electrons. The fourth-order valence-electron chi connectivity index (χ4n) is 2.47. The van der Waals surface area contributed by atoms with Crippen LogP contribution in [0.25, 0.3) is 0 Å². The molecule has 1 aromatic carbocycles. The Kier molecular flexibility index (Phi) is 4.67. The lowest BCUT2D eigenvalue weighted by Crippen LogP contribution is -2.54. The molecule has 0 bridgehead atoms. The van der Waals surface area contributed by atoms with Crippen molar-refractivity contribution < 1.29 is 8.42 Å². The quantitative estimate of drug-likeness (QED) is 0.876. The molecule has 1 aliphatic rings. The molecule has 1 heterocycles. The first-order valence-electron chi connectivity index (χ1n) is 7.04. The number of rotatable bonds is 4. The molecule has 0 saturated carbocycles. The van der Waals surface area contributed by atoms with Gasteiger partial charge < -0.3 is 10.2 Å². The average molecular weight is 297 g/mol. The van der Waals surface area contributed by atoms with Crippen molar-refractivity contribution in [2.75, 3.05) is 24.5 Å². The normalized spacial score (nSPS) is 23.9. The number of hydrogen-bond donors (Lipinski definition) is 2. The minimum Gasteiger partial charge on any atom is -0.366 e. The molecule has 6 heteroatoms. The maximum Gasteiger partial charge on any atom is 0.240 e. The number of anilines is 1. The smallest absolute Gasteiger partial charge is 0.240 e. The molecule has 20 heavy (non-hydrogen) atoms. The van der Waals surface area contributed by atoms with Gasteiger partial charge >= 0.3 is 0 Å². The zero-order chi connectivity index (χ0) is 14.8. The first kappa shape index (κ1) is 15.3. The van der Waals surface area contributed by atoms with Crippen LogP contribution in [0.2, 0.25) is 0 Å². The molecule has 1 saturated heterocycles. The van der Waals surface area contributed by atoms with Gasteiger partial charge in [0, 0.05) is 37.4 Å². The number of benzene rings is 1. The molecule has 2 N–H and O–H groups in total. The predicted molar refractivity (Wildman–Crippen MR) is 81.6 cm³/mol. The Morgan fingerprint density at radius 1 is 1.30 bits per heavy atom. The van der Waals surface area contributed by atoms with Crippen LogP contribution in [0.5, 0.6) is 0 Å². The van der Waals surface area contributed by atoms with Crippen molar-refractivity contribution >= 4 is 15.7 Å². The zero-order valence-electron chi connectivity index (χ0n) is 12.3. The van der Waals surface area contributed by atoms with Gasteiger partial charge in [0.2, 0.25) is 10.0 Å².